The summed E-state index contributed by atoms with van der Waals surface area (Å²) in [5, 5.41) is 22.7. The van der Waals surface area contributed by atoms with Gasteiger partial charge in [0.15, 0.2) is 5.82 Å². The molecule has 0 saturated carbocycles. The first-order valence-electron chi connectivity index (χ1n) is 13.1. The third kappa shape index (κ3) is 9.58. The highest BCUT2D eigenvalue weighted by atomic mass is 19.1. The summed E-state index contributed by atoms with van der Waals surface area (Å²) in [5.74, 6) is 1.07. The van der Waals surface area contributed by atoms with Crippen molar-refractivity contribution in [2.75, 3.05) is 43.5 Å². The van der Waals surface area contributed by atoms with E-state index >= 15 is 0 Å². The topological polar surface area (TPSA) is 128 Å². The van der Waals surface area contributed by atoms with Crippen molar-refractivity contribution in [2.45, 2.75) is 41.0 Å². The maximum atomic E-state index is 13.3. The van der Waals surface area contributed by atoms with Crippen molar-refractivity contribution in [3.05, 3.63) is 66.4 Å². The number of rotatable bonds is 13. The minimum atomic E-state index is -0.417. The van der Waals surface area contributed by atoms with Crippen LogP contribution in [0.4, 0.5) is 21.7 Å². The fraction of sp³-hybridized carbons (Fsp3) is 0.379. The lowest BCUT2D eigenvalue weighted by Gasteiger charge is -2.18. The number of aromatic amines is 1. The molecule has 4 rings (SSSR count). The number of H-pyrrole nitrogens is 1. The number of carbonyl (C=O) groups is 1. The number of hydrogen-bond acceptors (Lipinski definition) is 8. The van der Waals surface area contributed by atoms with Crippen LogP contribution in [0.25, 0.3) is 10.9 Å². The van der Waals surface area contributed by atoms with Crippen LogP contribution in [0, 0.1) is 5.82 Å². The largest absolute Gasteiger partial charge is 0.493 e. The summed E-state index contributed by atoms with van der Waals surface area (Å²) < 4.78 is 19.2. The molecule has 0 unspecified atom stereocenters. The van der Waals surface area contributed by atoms with Crippen LogP contribution in [0.2, 0.25) is 0 Å². The second kappa shape index (κ2) is 16.8. The maximum absolute atomic E-state index is 13.3. The van der Waals surface area contributed by atoms with E-state index in [1.54, 1.807) is 12.1 Å². The van der Waals surface area contributed by atoms with E-state index in [0.717, 1.165) is 30.4 Å². The number of nitrogens with zero attached hydrogens (tertiary/aromatic N) is 4. The molecule has 0 aliphatic heterocycles. The molecule has 2 aromatic heterocycles. The first-order valence-corrected chi connectivity index (χ1v) is 13.1. The van der Waals surface area contributed by atoms with Gasteiger partial charge in [-0.3, -0.25) is 9.89 Å². The Kier molecular flexibility index (Phi) is 13.5. The zero-order chi connectivity index (χ0) is 28.0. The minimum absolute atomic E-state index is 0. The quantitative estimate of drug-likeness (QED) is 0.167. The normalized spacial score (nSPS) is 10.4. The number of fused-ring (bicyclic) bond motifs is 1. The predicted molar refractivity (Wildman–Crippen MR) is 158 cm³/mol. The first kappa shape index (κ1) is 32.1. The van der Waals surface area contributed by atoms with Gasteiger partial charge in [0, 0.05) is 42.0 Å². The number of nitrogens with one attached hydrogen (secondary N) is 3. The van der Waals surface area contributed by atoms with E-state index < -0.39 is 5.82 Å². The van der Waals surface area contributed by atoms with Crippen LogP contribution >= 0.6 is 0 Å². The number of likely N-dealkylation sites (N-methyl/N-ethyl adjacent to an activating group) is 1. The Morgan fingerprint density at radius 3 is 2.70 bits per heavy atom. The smallest absolute Gasteiger partial charge is 0.230 e. The van der Waals surface area contributed by atoms with Gasteiger partial charge in [-0.25, -0.2) is 14.4 Å². The molecule has 11 heteroatoms. The molecule has 2 aromatic carbocycles. The van der Waals surface area contributed by atoms with Gasteiger partial charge in [-0.2, -0.15) is 5.10 Å². The van der Waals surface area contributed by atoms with Gasteiger partial charge in [0.25, 0.3) is 0 Å². The Morgan fingerprint density at radius 1 is 1.12 bits per heavy atom. The zero-order valence-electron chi connectivity index (χ0n) is 22.6. The molecule has 4 aromatic rings. The Hall–Kier alpha value is -4.09. The van der Waals surface area contributed by atoms with Crippen LogP contribution in [-0.4, -0.2) is 68.9 Å². The van der Waals surface area contributed by atoms with Gasteiger partial charge in [0.2, 0.25) is 5.91 Å². The monoisotopic (exact) mass is 553 g/mol. The lowest BCUT2D eigenvalue weighted by atomic mass is 10.2. The van der Waals surface area contributed by atoms with Crippen LogP contribution in [0.3, 0.4) is 0 Å². The predicted octanol–water partition coefficient (Wildman–Crippen LogP) is 5.16. The highest BCUT2D eigenvalue weighted by Gasteiger charge is 2.11. The molecule has 0 bridgehead atoms. The van der Waals surface area contributed by atoms with Crippen molar-refractivity contribution in [1.82, 2.24) is 25.1 Å². The SMILES string of the molecule is C.CC.CCN(CCO)CCCOc1ccc2c(Nc3cc(CC(=O)Nc4cccc(F)c4)[nH]n3)ncnc2c1. The molecule has 0 saturated heterocycles. The van der Waals surface area contributed by atoms with E-state index in [4.69, 9.17) is 9.84 Å². The van der Waals surface area contributed by atoms with E-state index in [-0.39, 0.29) is 26.4 Å². The van der Waals surface area contributed by atoms with E-state index in [0.29, 0.717) is 41.9 Å². The van der Waals surface area contributed by atoms with Gasteiger partial charge in [0.05, 0.1) is 25.2 Å². The highest BCUT2D eigenvalue weighted by molar-refractivity contribution is 5.93. The number of amides is 1. The maximum Gasteiger partial charge on any atom is 0.230 e. The Balaban J connectivity index is 0.00000183. The molecule has 0 atom stereocenters. The number of ether oxygens (including phenoxy) is 1. The third-order valence-electron chi connectivity index (χ3n) is 5.70. The fourth-order valence-corrected chi connectivity index (χ4v) is 3.86. The van der Waals surface area contributed by atoms with Crippen LogP contribution in [0.1, 0.15) is 40.3 Å². The van der Waals surface area contributed by atoms with Crippen molar-refractivity contribution >= 4 is 34.1 Å². The van der Waals surface area contributed by atoms with Gasteiger partial charge >= 0.3 is 0 Å². The van der Waals surface area contributed by atoms with Gasteiger partial charge in [-0.1, -0.05) is 34.3 Å². The third-order valence-corrected chi connectivity index (χ3v) is 5.70. The minimum Gasteiger partial charge on any atom is -0.493 e. The molecular weight excluding hydrogens is 513 g/mol. The first-order chi connectivity index (χ1) is 19.0. The van der Waals surface area contributed by atoms with Gasteiger partial charge in [-0.05, 0) is 43.3 Å². The second-order valence-electron chi connectivity index (χ2n) is 8.40. The fourth-order valence-electron chi connectivity index (χ4n) is 3.86. The molecule has 1 amide bonds. The van der Waals surface area contributed by atoms with Gasteiger partial charge in [-0.15, -0.1) is 0 Å². The van der Waals surface area contributed by atoms with Gasteiger partial charge < -0.3 is 25.4 Å². The number of benzene rings is 2. The van der Waals surface area contributed by atoms with E-state index in [2.05, 4.69) is 42.6 Å². The summed E-state index contributed by atoms with van der Waals surface area (Å²) >= 11 is 0. The lowest BCUT2D eigenvalue weighted by Crippen LogP contribution is -2.28. The molecule has 10 nitrogen and oxygen atoms in total. The molecule has 0 radical (unpaired) electrons. The second-order valence-corrected chi connectivity index (χ2v) is 8.40. The van der Waals surface area contributed by atoms with Crippen LogP contribution in [-0.2, 0) is 11.2 Å². The number of aliphatic hydroxyl groups is 1. The standard InChI is InChI=1S/C26H30FN7O3.C2H6.CH4/c1-2-34(10-11-35)9-4-12-37-21-7-8-22-23(16-21)28-17-29-26(22)31-24-14-20(32-33-24)15-25(36)30-19-6-3-5-18(27)13-19;1-2;/h3,5-8,13-14,16-17,35H,2,4,9-12,15H2,1H3,(H,30,36)(H2,28,29,31,32,33);1-2H3;1H4. The number of hydrogen-bond donors (Lipinski definition) is 4. The molecule has 0 aliphatic rings. The Bertz CT molecular complexity index is 1330. The molecule has 0 aliphatic carbocycles. The summed E-state index contributed by atoms with van der Waals surface area (Å²) in [4.78, 5) is 23.1. The lowest BCUT2D eigenvalue weighted by molar-refractivity contribution is -0.115. The Labute approximate surface area is 235 Å². The summed E-state index contributed by atoms with van der Waals surface area (Å²) in [7, 11) is 0. The number of anilines is 3. The molecule has 0 fully saturated rings. The summed E-state index contributed by atoms with van der Waals surface area (Å²) in [6.07, 6.45) is 2.36. The van der Waals surface area contributed by atoms with Crippen molar-refractivity contribution in [3.63, 3.8) is 0 Å². The summed E-state index contributed by atoms with van der Waals surface area (Å²) in [6, 6.07) is 13.1. The van der Waals surface area contributed by atoms with Crippen molar-refractivity contribution in [1.29, 1.82) is 0 Å². The van der Waals surface area contributed by atoms with E-state index in [1.165, 1.54) is 24.5 Å². The average Bonchev–Trinajstić information content (AvgIpc) is 3.37. The van der Waals surface area contributed by atoms with E-state index in [1.807, 2.05) is 32.0 Å². The molecule has 40 heavy (non-hydrogen) atoms. The van der Waals surface area contributed by atoms with Crippen LogP contribution in [0.15, 0.2) is 54.9 Å². The van der Waals surface area contributed by atoms with E-state index in [9.17, 15) is 9.18 Å². The van der Waals surface area contributed by atoms with Crippen molar-refractivity contribution < 1.29 is 19.0 Å². The average molecular weight is 554 g/mol. The van der Waals surface area contributed by atoms with Crippen LogP contribution in [0.5, 0.6) is 5.75 Å². The number of carbonyl (C=O) groups excluding carboxylic acids is 1. The molecular formula is C29H40FN7O3. The van der Waals surface area contributed by atoms with Crippen molar-refractivity contribution in [2.24, 2.45) is 0 Å². The number of halogens is 1. The van der Waals surface area contributed by atoms with Gasteiger partial charge in [0.1, 0.15) is 23.7 Å². The molecule has 2 heterocycles. The van der Waals surface area contributed by atoms with Crippen LogP contribution < -0.4 is 15.4 Å². The molecule has 0 spiro atoms. The summed E-state index contributed by atoms with van der Waals surface area (Å²) in [6.45, 7) is 9.20. The molecule has 4 N–H and O–H groups in total. The zero-order valence-corrected chi connectivity index (χ0v) is 22.6. The Morgan fingerprint density at radius 2 is 1.95 bits per heavy atom. The van der Waals surface area contributed by atoms with Crippen molar-refractivity contribution in [3.8, 4) is 5.75 Å². The highest BCUT2D eigenvalue weighted by Crippen LogP contribution is 2.26. The number of aromatic nitrogens is 4. The molecule has 216 valence electrons. The summed E-state index contributed by atoms with van der Waals surface area (Å²) in [5.41, 5.74) is 1.70. The number of aliphatic hydroxyl groups excluding tert-OH is 1.